The molecule has 2 aromatic carbocycles. The Hall–Kier alpha value is -3.15. The Kier molecular flexibility index (Phi) is 5.09. The first kappa shape index (κ1) is 19.2. The Morgan fingerprint density at radius 3 is 2.34 bits per heavy atom. The van der Waals surface area contributed by atoms with Crippen LogP contribution in [0.25, 0.3) is 0 Å². The molecule has 1 N–H and O–H groups in total. The van der Waals surface area contributed by atoms with Gasteiger partial charge in [0, 0.05) is 12.0 Å². The van der Waals surface area contributed by atoms with Gasteiger partial charge in [-0.2, -0.15) is 0 Å². The van der Waals surface area contributed by atoms with E-state index in [-0.39, 0.29) is 17.9 Å². The van der Waals surface area contributed by atoms with Crippen LogP contribution in [0.15, 0.2) is 48.5 Å². The lowest BCUT2D eigenvalue weighted by atomic mass is 9.98. The number of carbonyl (C=O) groups excluding carboxylic acids is 3. The van der Waals surface area contributed by atoms with Crippen LogP contribution in [-0.2, 0) is 4.79 Å². The van der Waals surface area contributed by atoms with Crippen LogP contribution in [0.5, 0.6) is 5.75 Å². The van der Waals surface area contributed by atoms with Gasteiger partial charge in [-0.15, -0.1) is 0 Å². The third-order valence-electron chi connectivity index (χ3n) is 5.41. The predicted octanol–water partition coefficient (Wildman–Crippen LogP) is 3.34. The van der Waals surface area contributed by atoms with Crippen molar-refractivity contribution in [2.24, 2.45) is 5.92 Å². The van der Waals surface area contributed by atoms with Gasteiger partial charge < -0.3 is 10.1 Å². The molecule has 0 saturated heterocycles. The molecule has 0 spiro atoms. The molecule has 3 amide bonds. The molecule has 2 aliphatic heterocycles. The lowest BCUT2D eigenvalue weighted by Gasteiger charge is -2.31. The summed E-state index contributed by atoms with van der Waals surface area (Å²) in [6, 6.07) is 13.3. The maximum atomic E-state index is 13.3. The van der Waals surface area contributed by atoms with Crippen LogP contribution in [-0.4, -0.2) is 35.3 Å². The molecule has 0 aliphatic carbocycles. The number of ether oxygens (including phenoxy) is 1. The molecule has 150 valence electrons. The summed E-state index contributed by atoms with van der Waals surface area (Å²) in [5.74, 6) is -0.227. The molecule has 2 aromatic rings. The second-order valence-electron chi connectivity index (χ2n) is 7.91. The first-order chi connectivity index (χ1) is 14.0. The second kappa shape index (κ2) is 7.70. The van der Waals surface area contributed by atoms with Crippen molar-refractivity contribution in [3.8, 4) is 5.75 Å². The molecule has 0 unspecified atom stereocenters. The van der Waals surface area contributed by atoms with Gasteiger partial charge >= 0.3 is 0 Å². The average molecular weight is 392 g/mol. The molecule has 0 aromatic heterocycles. The van der Waals surface area contributed by atoms with E-state index in [0.717, 1.165) is 16.2 Å². The predicted molar refractivity (Wildman–Crippen MR) is 108 cm³/mol. The smallest absolute Gasteiger partial charge is 0.262 e. The number of carbonyl (C=O) groups is 3. The van der Waals surface area contributed by atoms with Crippen molar-refractivity contribution >= 4 is 17.7 Å². The number of hydrogen-bond acceptors (Lipinski definition) is 4. The zero-order chi connectivity index (χ0) is 20.5. The molecule has 0 radical (unpaired) electrons. The topological polar surface area (TPSA) is 75.7 Å². The Morgan fingerprint density at radius 1 is 1.07 bits per heavy atom. The zero-order valence-corrected chi connectivity index (χ0v) is 16.6. The Balaban J connectivity index is 1.61. The Labute approximate surface area is 169 Å². The summed E-state index contributed by atoms with van der Waals surface area (Å²) in [4.78, 5) is 40.3. The fraction of sp³-hybridized carbons (Fsp3) is 0.348. The summed E-state index contributed by atoms with van der Waals surface area (Å²) in [6.45, 7) is 4.45. The van der Waals surface area contributed by atoms with Crippen molar-refractivity contribution in [2.75, 3.05) is 6.61 Å². The number of fused-ring (bicyclic) bond motifs is 2. The fourth-order valence-electron chi connectivity index (χ4n) is 4.03. The average Bonchev–Trinajstić information content (AvgIpc) is 2.97. The van der Waals surface area contributed by atoms with Crippen molar-refractivity contribution in [3.63, 3.8) is 0 Å². The number of para-hydroxylation sites is 1. The maximum absolute atomic E-state index is 13.3. The Morgan fingerprint density at radius 2 is 1.69 bits per heavy atom. The Bertz CT molecular complexity index is 934. The van der Waals surface area contributed by atoms with Gasteiger partial charge in [-0.1, -0.05) is 44.2 Å². The van der Waals surface area contributed by atoms with Gasteiger partial charge in [0.05, 0.1) is 23.8 Å². The third-order valence-corrected chi connectivity index (χ3v) is 5.41. The highest BCUT2D eigenvalue weighted by atomic mass is 16.5. The quantitative estimate of drug-likeness (QED) is 0.792. The molecule has 6 nitrogen and oxygen atoms in total. The highest BCUT2D eigenvalue weighted by Gasteiger charge is 2.43. The molecule has 2 atom stereocenters. The van der Waals surface area contributed by atoms with E-state index in [2.05, 4.69) is 5.32 Å². The van der Waals surface area contributed by atoms with Crippen LogP contribution in [0.4, 0.5) is 0 Å². The maximum Gasteiger partial charge on any atom is 0.262 e. The SMILES string of the molecule is CC(C)C[C@H](C(=O)N[C@@H]1CCOc2ccccc21)N1C(=O)c2ccccc2C1=O. The van der Waals surface area contributed by atoms with Gasteiger partial charge in [0.15, 0.2) is 0 Å². The molecular formula is C23H24N2O4. The van der Waals surface area contributed by atoms with E-state index < -0.39 is 17.9 Å². The first-order valence-corrected chi connectivity index (χ1v) is 9.96. The monoisotopic (exact) mass is 392 g/mol. The van der Waals surface area contributed by atoms with Gasteiger partial charge in [0.2, 0.25) is 5.91 Å². The van der Waals surface area contributed by atoms with Gasteiger partial charge in [-0.25, -0.2) is 0 Å². The molecule has 29 heavy (non-hydrogen) atoms. The number of benzene rings is 2. The number of amides is 3. The lowest BCUT2D eigenvalue weighted by Crippen LogP contribution is -2.51. The minimum absolute atomic E-state index is 0.136. The highest BCUT2D eigenvalue weighted by Crippen LogP contribution is 2.32. The molecular weight excluding hydrogens is 368 g/mol. The summed E-state index contributed by atoms with van der Waals surface area (Å²) in [5, 5.41) is 3.06. The van der Waals surface area contributed by atoms with Gasteiger partial charge in [0.25, 0.3) is 11.8 Å². The van der Waals surface area contributed by atoms with Crippen LogP contribution < -0.4 is 10.1 Å². The van der Waals surface area contributed by atoms with E-state index >= 15 is 0 Å². The standard InChI is InChI=1S/C23H24N2O4/c1-14(2)13-19(25-22(27)15-7-3-4-8-16(15)23(25)28)21(26)24-18-11-12-29-20-10-6-5-9-17(18)20/h3-10,14,18-19H,11-13H2,1-2H3,(H,24,26)/t18-,19-/m1/s1. The van der Waals surface area contributed by atoms with Crippen LogP contribution in [0.2, 0.25) is 0 Å². The van der Waals surface area contributed by atoms with E-state index in [1.54, 1.807) is 24.3 Å². The molecule has 6 heteroatoms. The number of nitrogens with one attached hydrogen (secondary N) is 1. The molecule has 2 heterocycles. The van der Waals surface area contributed by atoms with Crippen molar-refractivity contribution in [3.05, 3.63) is 65.2 Å². The summed E-state index contributed by atoms with van der Waals surface area (Å²) >= 11 is 0. The largest absolute Gasteiger partial charge is 0.493 e. The molecule has 0 bridgehead atoms. The van der Waals surface area contributed by atoms with Crippen LogP contribution in [0.3, 0.4) is 0 Å². The minimum atomic E-state index is -0.850. The molecule has 0 saturated carbocycles. The van der Waals surface area contributed by atoms with E-state index in [4.69, 9.17) is 4.74 Å². The first-order valence-electron chi connectivity index (χ1n) is 9.96. The lowest BCUT2D eigenvalue weighted by molar-refractivity contribution is -0.126. The fourth-order valence-corrected chi connectivity index (χ4v) is 4.03. The van der Waals surface area contributed by atoms with E-state index in [0.29, 0.717) is 30.6 Å². The van der Waals surface area contributed by atoms with Crippen LogP contribution >= 0.6 is 0 Å². The second-order valence-corrected chi connectivity index (χ2v) is 7.91. The van der Waals surface area contributed by atoms with Crippen LogP contribution in [0, 0.1) is 5.92 Å². The van der Waals surface area contributed by atoms with Gasteiger partial charge in [0.1, 0.15) is 11.8 Å². The van der Waals surface area contributed by atoms with Crippen molar-refractivity contribution in [1.82, 2.24) is 10.2 Å². The van der Waals surface area contributed by atoms with E-state index in [1.165, 1.54) is 0 Å². The summed E-state index contributed by atoms with van der Waals surface area (Å²) in [7, 11) is 0. The minimum Gasteiger partial charge on any atom is -0.493 e. The number of imide groups is 1. The van der Waals surface area contributed by atoms with Crippen LogP contribution in [0.1, 0.15) is 59.0 Å². The van der Waals surface area contributed by atoms with Crippen molar-refractivity contribution < 1.29 is 19.1 Å². The zero-order valence-electron chi connectivity index (χ0n) is 16.6. The van der Waals surface area contributed by atoms with Crippen molar-refractivity contribution in [2.45, 2.75) is 38.8 Å². The molecule has 4 rings (SSSR count). The van der Waals surface area contributed by atoms with E-state index in [1.807, 2.05) is 38.1 Å². The number of hydrogen-bond donors (Lipinski definition) is 1. The van der Waals surface area contributed by atoms with Crippen molar-refractivity contribution in [1.29, 1.82) is 0 Å². The van der Waals surface area contributed by atoms with Gasteiger partial charge in [-0.3, -0.25) is 19.3 Å². The molecule has 0 fully saturated rings. The highest BCUT2D eigenvalue weighted by molar-refractivity contribution is 6.22. The number of nitrogens with zero attached hydrogens (tertiary/aromatic N) is 1. The third kappa shape index (κ3) is 3.50. The summed E-state index contributed by atoms with van der Waals surface area (Å²) in [5.41, 5.74) is 1.63. The summed E-state index contributed by atoms with van der Waals surface area (Å²) < 4.78 is 5.67. The van der Waals surface area contributed by atoms with Gasteiger partial charge in [-0.05, 0) is 30.5 Å². The number of rotatable bonds is 5. The van der Waals surface area contributed by atoms with E-state index in [9.17, 15) is 14.4 Å². The molecule has 2 aliphatic rings. The normalized spacial score (nSPS) is 18.9. The summed E-state index contributed by atoms with van der Waals surface area (Å²) in [6.07, 6.45) is 1.04.